The van der Waals surface area contributed by atoms with E-state index < -0.39 is 12.1 Å². The zero-order chi connectivity index (χ0) is 22.4. The van der Waals surface area contributed by atoms with Crippen LogP contribution in [0, 0.1) is 0 Å². The number of halogens is 3. The van der Waals surface area contributed by atoms with Crippen molar-refractivity contribution in [1.82, 2.24) is 9.88 Å². The monoisotopic (exact) mass is 458 g/mol. The zero-order valence-electron chi connectivity index (χ0n) is 16.3. The standard InChI is InChI=1S/C18H20N2O3S.C2HF3O2/c21-18(13-6-9-24-12-13)20-10-16(17-15(20)5-3-8-22-17)23-11-14-4-1-2-7-19-14;3-2(4,5)1(6)7/h1-2,4,6-7,9,12,15-17H,3,5,8,10-11H2;(H,6,7)/t15-,16+,17+;/m0./s1. The maximum atomic E-state index is 12.8. The van der Waals surface area contributed by atoms with Gasteiger partial charge in [-0.25, -0.2) is 4.79 Å². The van der Waals surface area contributed by atoms with Crippen molar-refractivity contribution in [2.45, 2.75) is 43.9 Å². The number of nitrogens with zero attached hydrogens (tertiary/aromatic N) is 2. The SMILES string of the molecule is O=C(O)C(F)(F)F.O=C(c1ccsc1)N1C[C@@H](OCc2ccccn2)[C@@H]2OCCC[C@@H]21. The van der Waals surface area contributed by atoms with E-state index in [9.17, 15) is 18.0 Å². The molecule has 0 bridgehead atoms. The van der Waals surface area contributed by atoms with Crippen LogP contribution < -0.4 is 0 Å². The summed E-state index contributed by atoms with van der Waals surface area (Å²) in [5, 5.41) is 11.0. The molecule has 2 aromatic rings. The van der Waals surface area contributed by atoms with E-state index in [1.54, 1.807) is 17.5 Å². The van der Waals surface area contributed by atoms with Crippen LogP contribution in [0.3, 0.4) is 0 Å². The Hall–Kier alpha value is -2.50. The molecule has 1 amide bonds. The molecule has 0 aliphatic carbocycles. The van der Waals surface area contributed by atoms with E-state index in [0.717, 1.165) is 30.7 Å². The van der Waals surface area contributed by atoms with Crippen molar-refractivity contribution < 1.29 is 37.3 Å². The second kappa shape index (κ2) is 10.2. The first kappa shape index (κ1) is 23.2. The van der Waals surface area contributed by atoms with Gasteiger partial charge in [0.05, 0.1) is 30.5 Å². The van der Waals surface area contributed by atoms with Crippen molar-refractivity contribution in [3.8, 4) is 0 Å². The number of thiophene rings is 1. The lowest BCUT2D eigenvalue weighted by Crippen LogP contribution is -2.43. The van der Waals surface area contributed by atoms with Crippen molar-refractivity contribution in [2.75, 3.05) is 13.2 Å². The minimum Gasteiger partial charge on any atom is -0.475 e. The minimum absolute atomic E-state index is 0.0370. The smallest absolute Gasteiger partial charge is 0.475 e. The van der Waals surface area contributed by atoms with Crippen LogP contribution >= 0.6 is 11.3 Å². The average Bonchev–Trinajstić information content (AvgIpc) is 3.41. The fourth-order valence-electron chi connectivity index (χ4n) is 3.52. The number of alkyl halides is 3. The summed E-state index contributed by atoms with van der Waals surface area (Å²) in [6.45, 7) is 1.76. The summed E-state index contributed by atoms with van der Waals surface area (Å²) in [5.74, 6) is -2.67. The Labute approximate surface area is 180 Å². The quantitative estimate of drug-likeness (QED) is 0.756. The third-order valence-electron chi connectivity index (χ3n) is 4.92. The van der Waals surface area contributed by atoms with Crippen LogP contribution in [0.5, 0.6) is 0 Å². The molecule has 0 saturated carbocycles. The highest BCUT2D eigenvalue weighted by atomic mass is 32.1. The molecular weight excluding hydrogens is 437 g/mol. The van der Waals surface area contributed by atoms with E-state index in [1.807, 2.05) is 39.9 Å². The Kier molecular flexibility index (Phi) is 7.63. The number of aliphatic carboxylic acids is 1. The topological polar surface area (TPSA) is 89.0 Å². The molecule has 31 heavy (non-hydrogen) atoms. The number of carbonyl (C=O) groups is 2. The third kappa shape index (κ3) is 6.02. The number of carboxylic acid groups (broad SMARTS) is 1. The van der Waals surface area contributed by atoms with Crippen LogP contribution in [0.25, 0.3) is 0 Å². The lowest BCUT2D eigenvalue weighted by Gasteiger charge is -2.32. The molecule has 7 nitrogen and oxygen atoms in total. The Morgan fingerprint density at radius 1 is 1.32 bits per heavy atom. The summed E-state index contributed by atoms with van der Waals surface area (Å²) >= 11 is 1.55. The van der Waals surface area contributed by atoms with Gasteiger partial charge in [0, 0.05) is 18.2 Å². The van der Waals surface area contributed by atoms with Gasteiger partial charge in [-0.15, -0.1) is 0 Å². The predicted molar refractivity (Wildman–Crippen MR) is 105 cm³/mol. The van der Waals surface area contributed by atoms with Crippen LogP contribution in [0.4, 0.5) is 13.2 Å². The van der Waals surface area contributed by atoms with Gasteiger partial charge in [0.15, 0.2) is 0 Å². The van der Waals surface area contributed by atoms with E-state index in [4.69, 9.17) is 19.4 Å². The molecule has 2 aliphatic heterocycles. The number of amides is 1. The van der Waals surface area contributed by atoms with Crippen LogP contribution in [0.2, 0.25) is 0 Å². The van der Waals surface area contributed by atoms with Crippen molar-refractivity contribution in [2.24, 2.45) is 0 Å². The Bertz CT molecular complexity index is 863. The molecule has 3 atom stereocenters. The van der Waals surface area contributed by atoms with Crippen LogP contribution in [-0.2, 0) is 20.9 Å². The molecule has 4 rings (SSSR count). The summed E-state index contributed by atoms with van der Waals surface area (Å²) < 4.78 is 43.8. The van der Waals surface area contributed by atoms with Crippen molar-refractivity contribution in [1.29, 1.82) is 0 Å². The fourth-order valence-corrected chi connectivity index (χ4v) is 4.15. The average molecular weight is 458 g/mol. The number of rotatable bonds is 4. The Balaban J connectivity index is 0.000000339. The highest BCUT2D eigenvalue weighted by molar-refractivity contribution is 7.08. The van der Waals surface area contributed by atoms with Crippen LogP contribution in [0.15, 0.2) is 41.2 Å². The number of ether oxygens (including phenoxy) is 2. The maximum absolute atomic E-state index is 12.8. The van der Waals surface area contributed by atoms with Crippen LogP contribution in [0.1, 0.15) is 28.9 Å². The Morgan fingerprint density at radius 2 is 2.10 bits per heavy atom. The first-order valence-electron chi connectivity index (χ1n) is 9.53. The van der Waals surface area contributed by atoms with Gasteiger partial charge in [0.2, 0.25) is 0 Å². The number of aromatic nitrogens is 1. The molecule has 4 heterocycles. The molecule has 2 fully saturated rings. The summed E-state index contributed by atoms with van der Waals surface area (Å²) in [4.78, 5) is 27.9. The molecule has 0 radical (unpaired) electrons. The zero-order valence-corrected chi connectivity index (χ0v) is 17.1. The number of carboxylic acids is 1. The minimum atomic E-state index is -5.08. The van der Waals surface area contributed by atoms with E-state index in [0.29, 0.717) is 13.2 Å². The molecule has 2 aliphatic rings. The first-order chi connectivity index (χ1) is 14.8. The molecule has 0 aromatic carbocycles. The van der Waals surface area contributed by atoms with Crippen LogP contribution in [-0.4, -0.2) is 64.4 Å². The van der Waals surface area contributed by atoms with Gasteiger partial charge < -0.3 is 19.5 Å². The van der Waals surface area contributed by atoms with Gasteiger partial charge in [-0.3, -0.25) is 9.78 Å². The third-order valence-corrected chi connectivity index (χ3v) is 5.60. The van der Waals surface area contributed by atoms with Crippen molar-refractivity contribution in [3.63, 3.8) is 0 Å². The van der Waals surface area contributed by atoms with Crippen molar-refractivity contribution in [3.05, 3.63) is 52.5 Å². The van der Waals surface area contributed by atoms with E-state index in [-0.39, 0.29) is 24.2 Å². The summed E-state index contributed by atoms with van der Waals surface area (Å²) in [5.41, 5.74) is 1.65. The van der Waals surface area contributed by atoms with Gasteiger partial charge in [0.25, 0.3) is 5.91 Å². The van der Waals surface area contributed by atoms with E-state index >= 15 is 0 Å². The van der Waals surface area contributed by atoms with E-state index in [1.165, 1.54) is 0 Å². The molecule has 0 unspecified atom stereocenters. The number of likely N-dealkylation sites (tertiary alicyclic amines) is 1. The first-order valence-corrected chi connectivity index (χ1v) is 10.5. The molecule has 2 saturated heterocycles. The summed E-state index contributed by atoms with van der Waals surface area (Å²) in [6, 6.07) is 7.78. The van der Waals surface area contributed by atoms with Gasteiger partial charge in [-0.05, 0) is 36.4 Å². The number of hydrogen-bond donors (Lipinski definition) is 1. The molecule has 1 N–H and O–H groups in total. The second-order valence-corrected chi connectivity index (χ2v) is 7.77. The summed E-state index contributed by atoms with van der Waals surface area (Å²) in [6.07, 6.45) is -1.49. The fraction of sp³-hybridized carbons (Fsp3) is 0.450. The summed E-state index contributed by atoms with van der Waals surface area (Å²) in [7, 11) is 0. The number of carbonyl (C=O) groups excluding carboxylic acids is 1. The number of fused-ring (bicyclic) bond motifs is 1. The highest BCUT2D eigenvalue weighted by Gasteiger charge is 2.46. The van der Waals surface area contributed by atoms with Gasteiger partial charge in [-0.1, -0.05) is 6.07 Å². The van der Waals surface area contributed by atoms with Gasteiger partial charge in [0.1, 0.15) is 12.2 Å². The lowest BCUT2D eigenvalue weighted by molar-refractivity contribution is -0.192. The second-order valence-electron chi connectivity index (χ2n) is 6.99. The molecule has 2 aromatic heterocycles. The number of hydrogen-bond acceptors (Lipinski definition) is 6. The number of pyridine rings is 1. The molecular formula is C20H21F3N2O5S. The van der Waals surface area contributed by atoms with E-state index in [2.05, 4.69) is 4.98 Å². The lowest BCUT2D eigenvalue weighted by atomic mass is 10.0. The van der Waals surface area contributed by atoms with Crippen molar-refractivity contribution >= 4 is 23.2 Å². The van der Waals surface area contributed by atoms with Gasteiger partial charge >= 0.3 is 12.1 Å². The molecule has 168 valence electrons. The normalized spacial score (nSPS) is 22.9. The Morgan fingerprint density at radius 3 is 2.71 bits per heavy atom. The molecule has 11 heteroatoms. The maximum Gasteiger partial charge on any atom is 0.490 e. The van der Waals surface area contributed by atoms with Gasteiger partial charge in [-0.2, -0.15) is 24.5 Å². The molecule has 0 spiro atoms. The highest BCUT2D eigenvalue weighted by Crippen LogP contribution is 2.32. The predicted octanol–water partition coefficient (Wildman–Crippen LogP) is 3.37. The largest absolute Gasteiger partial charge is 0.490 e.